The molecule has 1 amide bonds. The van der Waals surface area contributed by atoms with Crippen LogP contribution >= 0.6 is 0 Å². The maximum absolute atomic E-state index is 13.6. The summed E-state index contributed by atoms with van der Waals surface area (Å²) in [5.74, 6) is -1.19. The normalized spacial score (nSPS) is 10.2. The number of nitrogens with zero attached hydrogens (tertiary/aromatic N) is 2. The largest absolute Gasteiger partial charge is 0.319 e. The molecule has 0 aliphatic carbocycles. The summed E-state index contributed by atoms with van der Waals surface area (Å²) in [5.41, 5.74) is 0.588. The SMILES string of the molecule is CCc1[nH]nc(C(=O)Nc2cccnc2)c1F. The van der Waals surface area contributed by atoms with Gasteiger partial charge in [0.15, 0.2) is 11.5 Å². The number of anilines is 1. The van der Waals surface area contributed by atoms with Crippen LogP contribution in [-0.4, -0.2) is 21.1 Å². The van der Waals surface area contributed by atoms with Crippen molar-refractivity contribution in [2.45, 2.75) is 13.3 Å². The van der Waals surface area contributed by atoms with Crippen molar-refractivity contribution in [3.63, 3.8) is 0 Å². The highest BCUT2D eigenvalue weighted by Gasteiger charge is 2.18. The molecule has 0 aromatic carbocycles. The Morgan fingerprint density at radius 3 is 3.00 bits per heavy atom. The number of aromatic nitrogens is 3. The molecule has 0 atom stereocenters. The number of carbonyl (C=O) groups is 1. The van der Waals surface area contributed by atoms with Gasteiger partial charge in [0.25, 0.3) is 5.91 Å². The van der Waals surface area contributed by atoms with E-state index in [1.807, 2.05) is 0 Å². The summed E-state index contributed by atoms with van der Waals surface area (Å²) in [7, 11) is 0. The van der Waals surface area contributed by atoms with E-state index >= 15 is 0 Å². The molecular formula is C11H11FN4O. The van der Waals surface area contributed by atoms with Crippen LogP contribution in [0.25, 0.3) is 0 Å². The second kappa shape index (κ2) is 4.73. The zero-order valence-corrected chi connectivity index (χ0v) is 9.20. The van der Waals surface area contributed by atoms with Gasteiger partial charge in [-0.2, -0.15) is 5.10 Å². The molecule has 17 heavy (non-hydrogen) atoms. The van der Waals surface area contributed by atoms with E-state index in [2.05, 4.69) is 20.5 Å². The average molecular weight is 234 g/mol. The zero-order chi connectivity index (χ0) is 12.3. The van der Waals surface area contributed by atoms with Crippen molar-refractivity contribution in [1.29, 1.82) is 0 Å². The molecular weight excluding hydrogens is 223 g/mol. The highest BCUT2D eigenvalue weighted by atomic mass is 19.1. The third-order valence-corrected chi connectivity index (χ3v) is 2.26. The summed E-state index contributed by atoms with van der Waals surface area (Å²) in [5, 5.41) is 8.65. The number of hydrogen-bond acceptors (Lipinski definition) is 3. The summed E-state index contributed by atoms with van der Waals surface area (Å²) in [6, 6.07) is 3.34. The quantitative estimate of drug-likeness (QED) is 0.850. The van der Waals surface area contributed by atoms with Crippen LogP contribution in [0.5, 0.6) is 0 Å². The molecule has 88 valence electrons. The van der Waals surface area contributed by atoms with Crippen molar-refractivity contribution in [1.82, 2.24) is 15.2 Å². The molecule has 0 radical (unpaired) electrons. The van der Waals surface area contributed by atoms with Gasteiger partial charge in [0.2, 0.25) is 0 Å². The maximum atomic E-state index is 13.6. The topological polar surface area (TPSA) is 70.7 Å². The smallest absolute Gasteiger partial charge is 0.279 e. The fourth-order valence-electron chi connectivity index (χ4n) is 1.38. The van der Waals surface area contributed by atoms with Crippen LogP contribution < -0.4 is 5.32 Å². The van der Waals surface area contributed by atoms with E-state index in [4.69, 9.17) is 0 Å². The Labute approximate surface area is 97.1 Å². The number of pyridine rings is 1. The van der Waals surface area contributed by atoms with Gasteiger partial charge in [-0.15, -0.1) is 0 Å². The van der Waals surface area contributed by atoms with Crippen LogP contribution in [0.1, 0.15) is 23.1 Å². The number of nitrogens with one attached hydrogen (secondary N) is 2. The van der Waals surface area contributed by atoms with Crippen molar-refractivity contribution < 1.29 is 9.18 Å². The standard InChI is InChI=1S/C11H11FN4O/c1-2-8-9(12)10(16-15-8)11(17)14-7-4-3-5-13-6-7/h3-6H,2H2,1H3,(H,14,17)(H,15,16). The van der Waals surface area contributed by atoms with Gasteiger partial charge in [0.05, 0.1) is 17.6 Å². The Morgan fingerprint density at radius 2 is 2.41 bits per heavy atom. The van der Waals surface area contributed by atoms with E-state index in [9.17, 15) is 9.18 Å². The molecule has 2 aromatic heterocycles. The van der Waals surface area contributed by atoms with Crippen LogP contribution in [0.4, 0.5) is 10.1 Å². The number of rotatable bonds is 3. The monoisotopic (exact) mass is 234 g/mol. The summed E-state index contributed by atoms with van der Waals surface area (Å²) < 4.78 is 13.6. The fourth-order valence-corrected chi connectivity index (χ4v) is 1.38. The van der Waals surface area contributed by atoms with E-state index in [0.29, 0.717) is 17.8 Å². The van der Waals surface area contributed by atoms with Crippen LogP contribution in [0, 0.1) is 5.82 Å². The number of carbonyl (C=O) groups excluding carboxylic acids is 1. The average Bonchev–Trinajstić information content (AvgIpc) is 2.71. The lowest BCUT2D eigenvalue weighted by Gasteiger charge is -2.01. The van der Waals surface area contributed by atoms with Crippen molar-refractivity contribution in [3.8, 4) is 0 Å². The maximum Gasteiger partial charge on any atom is 0.279 e. The van der Waals surface area contributed by atoms with Crippen LogP contribution in [0.15, 0.2) is 24.5 Å². The van der Waals surface area contributed by atoms with E-state index in [-0.39, 0.29) is 5.69 Å². The first-order valence-corrected chi connectivity index (χ1v) is 5.16. The lowest BCUT2D eigenvalue weighted by molar-refractivity contribution is 0.101. The van der Waals surface area contributed by atoms with E-state index in [1.165, 1.54) is 6.20 Å². The second-order valence-corrected chi connectivity index (χ2v) is 3.41. The Bertz CT molecular complexity index is 524. The summed E-state index contributed by atoms with van der Waals surface area (Å²) in [4.78, 5) is 15.5. The molecule has 6 heteroatoms. The Balaban J connectivity index is 2.18. The Kier molecular flexibility index (Phi) is 3.13. The summed E-state index contributed by atoms with van der Waals surface area (Å²) >= 11 is 0. The Hall–Kier alpha value is -2.24. The van der Waals surface area contributed by atoms with Gasteiger partial charge < -0.3 is 5.32 Å². The number of aryl methyl sites for hydroxylation is 1. The molecule has 2 N–H and O–H groups in total. The molecule has 0 fully saturated rings. The molecule has 2 rings (SSSR count). The van der Waals surface area contributed by atoms with Crippen LogP contribution in [0.3, 0.4) is 0 Å². The lowest BCUT2D eigenvalue weighted by Crippen LogP contribution is -2.14. The first-order chi connectivity index (χ1) is 8.22. The minimum atomic E-state index is -0.603. The molecule has 0 saturated heterocycles. The molecule has 0 aliphatic heterocycles. The van der Waals surface area contributed by atoms with E-state index in [1.54, 1.807) is 25.3 Å². The van der Waals surface area contributed by atoms with Crippen molar-refractivity contribution in [2.24, 2.45) is 0 Å². The van der Waals surface area contributed by atoms with Gasteiger partial charge in [-0.25, -0.2) is 4.39 Å². The summed E-state index contributed by atoms with van der Waals surface area (Å²) in [6.07, 6.45) is 3.52. The van der Waals surface area contributed by atoms with Gasteiger partial charge in [0.1, 0.15) is 0 Å². The third kappa shape index (κ3) is 2.30. The molecule has 2 aromatic rings. The van der Waals surface area contributed by atoms with Gasteiger partial charge in [-0.1, -0.05) is 6.92 Å². The first kappa shape index (κ1) is 11.3. The lowest BCUT2D eigenvalue weighted by atomic mass is 10.2. The number of H-pyrrole nitrogens is 1. The van der Waals surface area contributed by atoms with Gasteiger partial charge in [-0.05, 0) is 18.6 Å². The van der Waals surface area contributed by atoms with E-state index < -0.39 is 11.7 Å². The molecule has 0 saturated carbocycles. The van der Waals surface area contributed by atoms with Gasteiger partial charge >= 0.3 is 0 Å². The molecule has 5 nitrogen and oxygen atoms in total. The number of hydrogen-bond donors (Lipinski definition) is 2. The summed E-state index contributed by atoms with van der Waals surface area (Å²) in [6.45, 7) is 1.78. The van der Waals surface area contributed by atoms with Crippen LogP contribution in [0.2, 0.25) is 0 Å². The first-order valence-electron chi connectivity index (χ1n) is 5.16. The molecule has 0 unspecified atom stereocenters. The minimum absolute atomic E-state index is 0.231. The predicted octanol–water partition coefficient (Wildman–Crippen LogP) is 1.76. The van der Waals surface area contributed by atoms with Crippen molar-refractivity contribution in [3.05, 3.63) is 41.7 Å². The third-order valence-electron chi connectivity index (χ3n) is 2.26. The molecule has 0 spiro atoms. The van der Waals surface area contributed by atoms with Crippen molar-refractivity contribution in [2.75, 3.05) is 5.32 Å². The number of amides is 1. The number of halogens is 1. The fraction of sp³-hybridized carbons (Fsp3) is 0.182. The molecule has 0 aliphatic rings. The number of aromatic amines is 1. The predicted molar refractivity (Wildman–Crippen MR) is 60.1 cm³/mol. The Morgan fingerprint density at radius 1 is 1.59 bits per heavy atom. The highest BCUT2D eigenvalue weighted by molar-refractivity contribution is 6.03. The van der Waals surface area contributed by atoms with Crippen molar-refractivity contribution >= 4 is 11.6 Å². The molecule has 0 bridgehead atoms. The second-order valence-electron chi connectivity index (χ2n) is 3.41. The van der Waals surface area contributed by atoms with Gasteiger partial charge in [-0.3, -0.25) is 14.9 Å². The van der Waals surface area contributed by atoms with Crippen LogP contribution in [-0.2, 0) is 6.42 Å². The minimum Gasteiger partial charge on any atom is -0.319 e. The molecule has 2 heterocycles. The van der Waals surface area contributed by atoms with Gasteiger partial charge in [0, 0.05) is 6.20 Å². The highest BCUT2D eigenvalue weighted by Crippen LogP contribution is 2.12. The van der Waals surface area contributed by atoms with E-state index in [0.717, 1.165) is 0 Å². The zero-order valence-electron chi connectivity index (χ0n) is 9.20.